The fourth-order valence-corrected chi connectivity index (χ4v) is 2.40. The standard InChI is InChI=1S/C14H18F3N3/c1-9(2)10(7-18)13-19-11-5-3-4-6-12(11)20(13)8-14(15,16)17/h3-6,9-10H,7-8,18H2,1-2H3. The molecule has 0 radical (unpaired) electrons. The van der Waals surface area contributed by atoms with Crippen molar-refractivity contribution < 1.29 is 13.2 Å². The zero-order valence-electron chi connectivity index (χ0n) is 11.5. The van der Waals surface area contributed by atoms with Crippen molar-refractivity contribution in [2.45, 2.75) is 32.5 Å². The molecule has 0 aliphatic rings. The molecule has 6 heteroatoms. The van der Waals surface area contributed by atoms with Crippen LogP contribution in [0, 0.1) is 5.92 Å². The molecule has 0 saturated heterocycles. The average molecular weight is 285 g/mol. The van der Waals surface area contributed by atoms with Crippen molar-refractivity contribution >= 4 is 11.0 Å². The number of aromatic nitrogens is 2. The lowest BCUT2D eigenvalue weighted by Crippen LogP contribution is -2.25. The molecule has 0 aliphatic carbocycles. The summed E-state index contributed by atoms with van der Waals surface area (Å²) >= 11 is 0. The number of alkyl halides is 3. The normalized spacial score (nSPS) is 14.2. The van der Waals surface area contributed by atoms with Gasteiger partial charge in [0.15, 0.2) is 0 Å². The molecule has 0 spiro atoms. The number of hydrogen-bond donors (Lipinski definition) is 1. The molecule has 0 aliphatic heterocycles. The van der Waals surface area contributed by atoms with Gasteiger partial charge in [-0.3, -0.25) is 0 Å². The van der Waals surface area contributed by atoms with Crippen LogP contribution in [0.2, 0.25) is 0 Å². The van der Waals surface area contributed by atoms with Crippen molar-refractivity contribution in [1.29, 1.82) is 0 Å². The molecule has 2 aromatic rings. The monoisotopic (exact) mass is 285 g/mol. The fraction of sp³-hybridized carbons (Fsp3) is 0.500. The minimum atomic E-state index is -4.28. The number of fused-ring (bicyclic) bond motifs is 1. The summed E-state index contributed by atoms with van der Waals surface area (Å²) < 4.78 is 39.7. The van der Waals surface area contributed by atoms with Crippen molar-refractivity contribution in [3.05, 3.63) is 30.1 Å². The van der Waals surface area contributed by atoms with Crippen LogP contribution in [0.5, 0.6) is 0 Å². The van der Waals surface area contributed by atoms with Crippen molar-refractivity contribution in [2.75, 3.05) is 6.54 Å². The second-order valence-electron chi connectivity index (χ2n) is 5.25. The van der Waals surface area contributed by atoms with Crippen molar-refractivity contribution in [3.63, 3.8) is 0 Å². The maximum atomic E-state index is 12.8. The van der Waals surface area contributed by atoms with Gasteiger partial charge in [-0.1, -0.05) is 26.0 Å². The Morgan fingerprint density at radius 1 is 1.25 bits per heavy atom. The fourth-order valence-electron chi connectivity index (χ4n) is 2.40. The number of para-hydroxylation sites is 2. The molecular formula is C14H18F3N3. The van der Waals surface area contributed by atoms with Crippen molar-refractivity contribution in [3.8, 4) is 0 Å². The second kappa shape index (κ2) is 5.44. The van der Waals surface area contributed by atoms with E-state index in [1.54, 1.807) is 24.3 Å². The number of rotatable bonds is 4. The van der Waals surface area contributed by atoms with E-state index in [1.165, 1.54) is 4.57 Å². The third kappa shape index (κ3) is 2.95. The Hall–Kier alpha value is -1.56. The SMILES string of the molecule is CC(C)C(CN)c1nc2ccccc2n1CC(F)(F)F. The van der Waals surface area contributed by atoms with Gasteiger partial charge in [-0.05, 0) is 18.1 Å². The number of halogens is 3. The molecule has 1 aromatic heterocycles. The number of hydrogen-bond acceptors (Lipinski definition) is 2. The van der Waals surface area contributed by atoms with Crippen LogP contribution >= 0.6 is 0 Å². The minimum Gasteiger partial charge on any atom is -0.330 e. The van der Waals surface area contributed by atoms with Gasteiger partial charge in [-0.2, -0.15) is 13.2 Å². The summed E-state index contributed by atoms with van der Waals surface area (Å²) in [5.74, 6) is 0.356. The summed E-state index contributed by atoms with van der Waals surface area (Å²) in [7, 11) is 0. The Labute approximate surface area is 115 Å². The Kier molecular flexibility index (Phi) is 4.04. The van der Waals surface area contributed by atoms with Gasteiger partial charge in [0.2, 0.25) is 0 Å². The molecule has 0 saturated carbocycles. The molecule has 0 bridgehead atoms. The smallest absolute Gasteiger partial charge is 0.330 e. The predicted octanol–water partition coefficient (Wildman–Crippen LogP) is 3.30. The highest BCUT2D eigenvalue weighted by atomic mass is 19.4. The molecule has 1 atom stereocenters. The van der Waals surface area contributed by atoms with Gasteiger partial charge in [-0.15, -0.1) is 0 Å². The Bertz CT molecular complexity index is 587. The van der Waals surface area contributed by atoms with Gasteiger partial charge in [0.1, 0.15) is 12.4 Å². The molecule has 1 unspecified atom stereocenters. The lowest BCUT2D eigenvalue weighted by molar-refractivity contribution is -0.140. The van der Waals surface area contributed by atoms with E-state index in [1.807, 2.05) is 13.8 Å². The van der Waals surface area contributed by atoms with E-state index in [0.29, 0.717) is 16.9 Å². The van der Waals surface area contributed by atoms with Crippen LogP contribution < -0.4 is 5.73 Å². The molecule has 1 heterocycles. The van der Waals surface area contributed by atoms with Crippen LogP contribution in [0.1, 0.15) is 25.6 Å². The van der Waals surface area contributed by atoms with Crippen LogP contribution in [0.4, 0.5) is 13.2 Å². The molecule has 20 heavy (non-hydrogen) atoms. The largest absolute Gasteiger partial charge is 0.406 e. The van der Waals surface area contributed by atoms with E-state index in [-0.39, 0.29) is 18.4 Å². The molecule has 1 aromatic carbocycles. The summed E-state index contributed by atoms with van der Waals surface area (Å²) in [5.41, 5.74) is 6.80. The van der Waals surface area contributed by atoms with E-state index in [0.717, 1.165) is 0 Å². The van der Waals surface area contributed by atoms with Crippen LogP contribution in [-0.4, -0.2) is 22.3 Å². The number of nitrogens with zero attached hydrogens (tertiary/aromatic N) is 2. The lowest BCUT2D eigenvalue weighted by Gasteiger charge is -2.21. The third-order valence-corrected chi connectivity index (χ3v) is 3.41. The molecule has 110 valence electrons. The summed E-state index contributed by atoms with van der Waals surface area (Å²) in [6.07, 6.45) is -4.28. The summed E-state index contributed by atoms with van der Waals surface area (Å²) in [6.45, 7) is 3.12. The molecule has 2 rings (SSSR count). The van der Waals surface area contributed by atoms with Gasteiger partial charge < -0.3 is 10.3 Å². The Morgan fingerprint density at radius 3 is 2.45 bits per heavy atom. The number of benzene rings is 1. The zero-order chi connectivity index (χ0) is 14.9. The first kappa shape index (κ1) is 14.8. The van der Waals surface area contributed by atoms with E-state index in [2.05, 4.69) is 4.98 Å². The first-order valence-corrected chi connectivity index (χ1v) is 6.55. The maximum Gasteiger partial charge on any atom is 0.406 e. The average Bonchev–Trinajstić information content (AvgIpc) is 2.67. The van der Waals surface area contributed by atoms with Crippen molar-refractivity contribution in [2.24, 2.45) is 11.7 Å². The van der Waals surface area contributed by atoms with Crippen LogP contribution in [0.15, 0.2) is 24.3 Å². The topological polar surface area (TPSA) is 43.8 Å². The third-order valence-electron chi connectivity index (χ3n) is 3.41. The van der Waals surface area contributed by atoms with Crippen LogP contribution in [0.25, 0.3) is 11.0 Å². The first-order chi connectivity index (χ1) is 9.33. The lowest BCUT2D eigenvalue weighted by atomic mass is 9.95. The second-order valence-corrected chi connectivity index (χ2v) is 5.25. The van der Waals surface area contributed by atoms with Gasteiger partial charge in [0, 0.05) is 12.5 Å². The quantitative estimate of drug-likeness (QED) is 0.936. The summed E-state index contributed by atoms with van der Waals surface area (Å²) in [5, 5.41) is 0. The molecule has 3 nitrogen and oxygen atoms in total. The highest BCUT2D eigenvalue weighted by Gasteiger charge is 2.32. The highest BCUT2D eigenvalue weighted by molar-refractivity contribution is 5.76. The Morgan fingerprint density at radius 2 is 1.90 bits per heavy atom. The van der Waals surface area contributed by atoms with Crippen molar-refractivity contribution in [1.82, 2.24) is 9.55 Å². The van der Waals surface area contributed by atoms with E-state index in [9.17, 15) is 13.2 Å². The predicted molar refractivity (Wildman–Crippen MR) is 72.4 cm³/mol. The zero-order valence-corrected chi connectivity index (χ0v) is 11.5. The Balaban J connectivity index is 2.60. The van der Waals surface area contributed by atoms with E-state index < -0.39 is 12.7 Å². The first-order valence-electron chi connectivity index (χ1n) is 6.55. The van der Waals surface area contributed by atoms with Gasteiger partial charge in [0.25, 0.3) is 0 Å². The highest BCUT2D eigenvalue weighted by Crippen LogP contribution is 2.29. The van der Waals surface area contributed by atoms with E-state index >= 15 is 0 Å². The van der Waals surface area contributed by atoms with Crippen LogP contribution in [-0.2, 0) is 6.54 Å². The molecule has 2 N–H and O–H groups in total. The number of imidazole rings is 1. The minimum absolute atomic E-state index is 0.129. The van der Waals surface area contributed by atoms with Gasteiger partial charge in [0.05, 0.1) is 11.0 Å². The number of nitrogens with two attached hydrogens (primary N) is 1. The summed E-state index contributed by atoms with van der Waals surface area (Å²) in [4.78, 5) is 4.37. The van der Waals surface area contributed by atoms with Gasteiger partial charge in [-0.25, -0.2) is 4.98 Å². The van der Waals surface area contributed by atoms with E-state index in [4.69, 9.17) is 5.73 Å². The van der Waals surface area contributed by atoms with Crippen LogP contribution in [0.3, 0.4) is 0 Å². The molecule has 0 amide bonds. The maximum absolute atomic E-state index is 12.8. The summed E-state index contributed by atoms with van der Waals surface area (Å²) in [6, 6.07) is 6.86. The molecular weight excluding hydrogens is 267 g/mol. The van der Waals surface area contributed by atoms with Gasteiger partial charge >= 0.3 is 6.18 Å². The molecule has 0 fully saturated rings.